The molecular formula is C15H20Cl2O. The van der Waals surface area contributed by atoms with Crippen LogP contribution in [0.15, 0.2) is 18.2 Å². The molecule has 1 aromatic carbocycles. The van der Waals surface area contributed by atoms with E-state index in [9.17, 15) is 0 Å². The molecule has 0 amide bonds. The molecule has 0 spiro atoms. The Hall–Kier alpha value is -0.400. The van der Waals surface area contributed by atoms with Crippen LogP contribution >= 0.6 is 23.2 Å². The van der Waals surface area contributed by atoms with Gasteiger partial charge in [0.05, 0.1) is 17.0 Å². The summed E-state index contributed by atoms with van der Waals surface area (Å²) < 4.78 is 6.11. The Kier molecular flexibility index (Phi) is 4.80. The van der Waals surface area contributed by atoms with Gasteiger partial charge in [0.2, 0.25) is 0 Å². The highest BCUT2D eigenvalue weighted by atomic mass is 35.5. The Morgan fingerprint density at radius 3 is 2.67 bits per heavy atom. The summed E-state index contributed by atoms with van der Waals surface area (Å²) in [5.41, 5.74) is 0.982. The van der Waals surface area contributed by atoms with Crippen molar-refractivity contribution in [3.8, 4) is 5.75 Å². The first kappa shape index (κ1) is 14.0. The van der Waals surface area contributed by atoms with Crippen molar-refractivity contribution in [3.63, 3.8) is 0 Å². The standard InChI is InChI=1S/C15H20Cl2O/c1-10-6-7-13(8-11(10)2)18-15-12(9-16)4-3-5-14(15)17/h3-5,10-11,13H,6-9H2,1-2H3. The molecule has 1 nitrogen and oxygen atoms in total. The van der Waals surface area contributed by atoms with E-state index in [0.29, 0.717) is 16.8 Å². The van der Waals surface area contributed by atoms with Crippen molar-refractivity contribution in [2.75, 3.05) is 0 Å². The molecule has 0 bridgehead atoms. The first-order valence-corrected chi connectivity index (χ1v) is 7.53. The van der Waals surface area contributed by atoms with Gasteiger partial charge in [0.25, 0.3) is 0 Å². The Morgan fingerprint density at radius 2 is 2.00 bits per heavy atom. The monoisotopic (exact) mass is 286 g/mol. The summed E-state index contributed by atoms with van der Waals surface area (Å²) in [6.07, 6.45) is 3.72. The fraction of sp³-hybridized carbons (Fsp3) is 0.600. The molecule has 1 aliphatic rings. The van der Waals surface area contributed by atoms with Crippen LogP contribution in [0, 0.1) is 11.8 Å². The number of ether oxygens (including phenoxy) is 1. The molecule has 0 heterocycles. The van der Waals surface area contributed by atoms with Crippen molar-refractivity contribution in [2.45, 2.75) is 45.1 Å². The van der Waals surface area contributed by atoms with Gasteiger partial charge in [0.1, 0.15) is 5.75 Å². The van der Waals surface area contributed by atoms with Gasteiger partial charge in [-0.3, -0.25) is 0 Å². The van der Waals surface area contributed by atoms with E-state index in [1.54, 1.807) is 0 Å². The van der Waals surface area contributed by atoms with E-state index in [1.807, 2.05) is 18.2 Å². The van der Waals surface area contributed by atoms with Gasteiger partial charge >= 0.3 is 0 Å². The summed E-state index contributed by atoms with van der Waals surface area (Å²) >= 11 is 12.1. The maximum atomic E-state index is 6.21. The summed E-state index contributed by atoms with van der Waals surface area (Å²) in [7, 11) is 0. The molecule has 3 heteroatoms. The fourth-order valence-electron chi connectivity index (χ4n) is 2.56. The molecule has 100 valence electrons. The molecule has 0 aromatic heterocycles. The van der Waals surface area contributed by atoms with Gasteiger partial charge in [-0.2, -0.15) is 0 Å². The van der Waals surface area contributed by atoms with E-state index < -0.39 is 0 Å². The minimum atomic E-state index is 0.276. The van der Waals surface area contributed by atoms with Gasteiger partial charge in [-0.25, -0.2) is 0 Å². The Morgan fingerprint density at radius 1 is 1.22 bits per heavy atom. The van der Waals surface area contributed by atoms with Gasteiger partial charge in [-0.1, -0.05) is 37.6 Å². The third-order valence-electron chi connectivity index (χ3n) is 4.03. The van der Waals surface area contributed by atoms with Gasteiger partial charge in [-0.05, 0) is 37.2 Å². The lowest BCUT2D eigenvalue weighted by molar-refractivity contribution is 0.1000. The lowest BCUT2D eigenvalue weighted by Crippen LogP contribution is -2.29. The van der Waals surface area contributed by atoms with E-state index in [-0.39, 0.29) is 6.10 Å². The molecule has 0 aliphatic heterocycles. The zero-order chi connectivity index (χ0) is 13.1. The van der Waals surface area contributed by atoms with Crippen molar-refractivity contribution < 1.29 is 4.74 Å². The predicted molar refractivity (Wildman–Crippen MR) is 77.6 cm³/mol. The molecule has 0 saturated heterocycles. The number of hydrogen-bond donors (Lipinski definition) is 0. The van der Waals surface area contributed by atoms with Crippen LogP contribution in [-0.2, 0) is 5.88 Å². The van der Waals surface area contributed by atoms with Crippen LogP contribution in [0.1, 0.15) is 38.7 Å². The first-order valence-electron chi connectivity index (χ1n) is 6.61. The minimum Gasteiger partial charge on any atom is -0.489 e. The second kappa shape index (κ2) is 6.16. The highest BCUT2D eigenvalue weighted by Crippen LogP contribution is 2.36. The van der Waals surface area contributed by atoms with Crippen molar-refractivity contribution in [1.29, 1.82) is 0 Å². The Labute approximate surface area is 119 Å². The number of hydrogen-bond acceptors (Lipinski definition) is 1. The summed E-state index contributed by atoms with van der Waals surface area (Å²) in [6, 6.07) is 5.75. The van der Waals surface area contributed by atoms with Crippen molar-refractivity contribution in [2.24, 2.45) is 11.8 Å². The Balaban J connectivity index is 2.10. The van der Waals surface area contributed by atoms with Crippen molar-refractivity contribution in [1.82, 2.24) is 0 Å². The van der Waals surface area contributed by atoms with Gasteiger partial charge in [0.15, 0.2) is 0 Å². The van der Waals surface area contributed by atoms with Crippen molar-refractivity contribution >= 4 is 23.2 Å². The van der Waals surface area contributed by atoms with E-state index in [1.165, 1.54) is 6.42 Å². The highest BCUT2D eigenvalue weighted by molar-refractivity contribution is 6.32. The molecule has 3 atom stereocenters. The second-order valence-corrected chi connectivity index (χ2v) is 6.04. The molecule has 0 radical (unpaired) electrons. The first-order chi connectivity index (χ1) is 8.61. The average molecular weight is 287 g/mol. The molecular weight excluding hydrogens is 267 g/mol. The van der Waals surface area contributed by atoms with Gasteiger partial charge in [-0.15, -0.1) is 11.6 Å². The Bertz CT molecular complexity index is 405. The maximum absolute atomic E-state index is 6.21. The lowest BCUT2D eigenvalue weighted by atomic mass is 9.80. The zero-order valence-corrected chi connectivity index (χ0v) is 12.5. The summed E-state index contributed by atoms with van der Waals surface area (Å²) in [5.74, 6) is 2.73. The molecule has 18 heavy (non-hydrogen) atoms. The predicted octanol–water partition coefficient (Wildman–Crippen LogP) is 5.28. The van der Waals surface area contributed by atoms with Gasteiger partial charge < -0.3 is 4.74 Å². The van der Waals surface area contributed by atoms with Crippen LogP contribution in [0.5, 0.6) is 5.75 Å². The fourth-order valence-corrected chi connectivity index (χ4v) is 3.01. The third-order valence-corrected chi connectivity index (χ3v) is 4.61. The van der Waals surface area contributed by atoms with E-state index in [0.717, 1.165) is 30.1 Å². The molecule has 1 aromatic rings. The second-order valence-electron chi connectivity index (χ2n) is 5.37. The van der Waals surface area contributed by atoms with Crippen LogP contribution in [0.4, 0.5) is 0 Å². The van der Waals surface area contributed by atoms with Crippen LogP contribution in [0.25, 0.3) is 0 Å². The highest BCUT2D eigenvalue weighted by Gasteiger charge is 2.26. The normalized spacial score (nSPS) is 28.1. The zero-order valence-electron chi connectivity index (χ0n) is 11.0. The number of rotatable bonds is 3. The summed E-state index contributed by atoms with van der Waals surface area (Å²) in [6.45, 7) is 4.62. The number of para-hydroxylation sites is 1. The van der Waals surface area contributed by atoms with Crippen LogP contribution in [-0.4, -0.2) is 6.10 Å². The molecule has 2 rings (SSSR count). The number of benzene rings is 1. The molecule has 0 N–H and O–H groups in total. The third kappa shape index (κ3) is 3.13. The smallest absolute Gasteiger partial charge is 0.142 e. The van der Waals surface area contributed by atoms with E-state index in [2.05, 4.69) is 13.8 Å². The minimum absolute atomic E-state index is 0.276. The largest absolute Gasteiger partial charge is 0.489 e. The number of halogens is 2. The van der Waals surface area contributed by atoms with Gasteiger partial charge in [0, 0.05) is 5.56 Å². The average Bonchev–Trinajstić information content (AvgIpc) is 2.36. The molecule has 1 aliphatic carbocycles. The lowest BCUT2D eigenvalue weighted by Gasteiger charge is -2.32. The quantitative estimate of drug-likeness (QED) is 0.687. The topological polar surface area (TPSA) is 9.23 Å². The van der Waals surface area contributed by atoms with Crippen LogP contribution < -0.4 is 4.74 Å². The molecule has 1 saturated carbocycles. The van der Waals surface area contributed by atoms with E-state index >= 15 is 0 Å². The molecule has 1 fully saturated rings. The summed E-state index contributed by atoms with van der Waals surface area (Å²) in [5, 5.41) is 0.666. The molecule has 3 unspecified atom stereocenters. The van der Waals surface area contributed by atoms with E-state index in [4.69, 9.17) is 27.9 Å². The maximum Gasteiger partial charge on any atom is 0.142 e. The van der Waals surface area contributed by atoms with Crippen molar-refractivity contribution in [3.05, 3.63) is 28.8 Å². The number of alkyl halides is 1. The van der Waals surface area contributed by atoms with Crippen LogP contribution in [0.3, 0.4) is 0 Å². The SMILES string of the molecule is CC1CCC(Oc2c(Cl)cccc2CCl)CC1C. The van der Waals surface area contributed by atoms with Crippen LogP contribution in [0.2, 0.25) is 5.02 Å². The summed E-state index contributed by atoms with van der Waals surface area (Å²) in [4.78, 5) is 0.